The first-order valence-electron chi connectivity index (χ1n) is 7.33. The molecule has 114 valence electrons. The van der Waals surface area contributed by atoms with Gasteiger partial charge in [-0.15, -0.1) is 0 Å². The molecule has 0 saturated heterocycles. The Bertz CT molecular complexity index is 658. The lowest BCUT2D eigenvalue weighted by atomic mass is 10.1. The van der Waals surface area contributed by atoms with E-state index < -0.39 is 0 Å². The van der Waals surface area contributed by atoms with Crippen LogP contribution < -0.4 is 5.43 Å². The summed E-state index contributed by atoms with van der Waals surface area (Å²) in [6, 6.07) is 14.2. The number of amides is 1. The molecule has 0 aliphatic carbocycles. The van der Waals surface area contributed by atoms with Crippen LogP contribution in [-0.2, 0) is 6.42 Å². The maximum atomic E-state index is 11.9. The van der Waals surface area contributed by atoms with Gasteiger partial charge in [-0.05, 0) is 48.7 Å². The van der Waals surface area contributed by atoms with Crippen LogP contribution in [0.5, 0.6) is 5.75 Å². The van der Waals surface area contributed by atoms with E-state index in [4.69, 9.17) is 0 Å². The maximum absolute atomic E-state index is 11.9. The number of hydrogen-bond acceptors (Lipinski definition) is 3. The third kappa shape index (κ3) is 4.19. The number of carbonyl (C=O) groups is 1. The van der Waals surface area contributed by atoms with Gasteiger partial charge in [-0.2, -0.15) is 5.10 Å². The zero-order valence-corrected chi connectivity index (χ0v) is 12.8. The topological polar surface area (TPSA) is 61.7 Å². The van der Waals surface area contributed by atoms with Crippen molar-refractivity contribution in [3.63, 3.8) is 0 Å². The summed E-state index contributed by atoms with van der Waals surface area (Å²) in [5.74, 6) is -0.176. The first kappa shape index (κ1) is 15.8. The van der Waals surface area contributed by atoms with Gasteiger partial charge in [0.05, 0.1) is 5.71 Å². The second kappa shape index (κ2) is 7.41. The largest absolute Gasteiger partial charge is 0.508 e. The molecular weight excluding hydrogens is 276 g/mol. The fraction of sp³-hybridized carbons (Fsp3) is 0.222. The zero-order chi connectivity index (χ0) is 15.9. The van der Waals surface area contributed by atoms with Gasteiger partial charge in [0.15, 0.2) is 0 Å². The van der Waals surface area contributed by atoms with Gasteiger partial charge in [0.1, 0.15) is 5.75 Å². The number of rotatable bonds is 5. The van der Waals surface area contributed by atoms with Gasteiger partial charge in [0.2, 0.25) is 0 Å². The van der Waals surface area contributed by atoms with Crippen molar-refractivity contribution in [3.8, 4) is 5.75 Å². The molecule has 0 unspecified atom stereocenters. The van der Waals surface area contributed by atoms with Crippen LogP contribution >= 0.6 is 0 Å². The molecule has 22 heavy (non-hydrogen) atoms. The number of aryl methyl sites for hydroxylation is 1. The van der Waals surface area contributed by atoms with Crippen molar-refractivity contribution in [2.24, 2.45) is 5.10 Å². The van der Waals surface area contributed by atoms with Crippen molar-refractivity contribution < 1.29 is 9.90 Å². The van der Waals surface area contributed by atoms with Crippen LogP contribution in [0.3, 0.4) is 0 Å². The Labute approximate surface area is 130 Å². The Kier molecular flexibility index (Phi) is 5.31. The van der Waals surface area contributed by atoms with Crippen molar-refractivity contribution >= 4 is 11.6 Å². The molecule has 0 spiro atoms. The molecule has 0 bridgehead atoms. The van der Waals surface area contributed by atoms with E-state index in [0.717, 1.165) is 24.1 Å². The van der Waals surface area contributed by atoms with Crippen molar-refractivity contribution in [2.75, 3.05) is 0 Å². The number of phenols is 1. The third-order valence-corrected chi connectivity index (χ3v) is 3.37. The molecule has 0 fully saturated rings. The van der Waals surface area contributed by atoms with Crippen LogP contribution in [0.1, 0.15) is 41.8 Å². The van der Waals surface area contributed by atoms with Crippen LogP contribution in [-0.4, -0.2) is 16.7 Å². The van der Waals surface area contributed by atoms with Crippen LogP contribution in [0.15, 0.2) is 53.6 Å². The van der Waals surface area contributed by atoms with E-state index in [9.17, 15) is 9.90 Å². The first-order chi connectivity index (χ1) is 10.6. The van der Waals surface area contributed by atoms with Crippen molar-refractivity contribution in [2.45, 2.75) is 26.7 Å². The molecule has 2 aromatic rings. The lowest BCUT2D eigenvalue weighted by Crippen LogP contribution is -2.19. The molecule has 1 amide bonds. The second-order valence-corrected chi connectivity index (χ2v) is 5.13. The molecule has 2 rings (SSSR count). The highest BCUT2D eigenvalue weighted by molar-refractivity contribution is 6.00. The zero-order valence-electron chi connectivity index (χ0n) is 12.8. The predicted octanol–water partition coefficient (Wildman–Crippen LogP) is 3.50. The van der Waals surface area contributed by atoms with E-state index in [-0.39, 0.29) is 11.7 Å². The molecule has 0 aromatic heterocycles. The Morgan fingerprint density at radius 2 is 1.64 bits per heavy atom. The summed E-state index contributed by atoms with van der Waals surface area (Å²) < 4.78 is 0. The van der Waals surface area contributed by atoms with E-state index >= 15 is 0 Å². The lowest BCUT2D eigenvalue weighted by Gasteiger charge is -2.05. The molecule has 2 aromatic carbocycles. The highest BCUT2D eigenvalue weighted by Crippen LogP contribution is 2.10. The molecular formula is C18H20N2O2. The summed E-state index contributed by atoms with van der Waals surface area (Å²) >= 11 is 0. The first-order valence-corrected chi connectivity index (χ1v) is 7.33. The van der Waals surface area contributed by atoms with Crippen LogP contribution in [0.2, 0.25) is 0 Å². The number of nitrogens with zero attached hydrogens (tertiary/aromatic N) is 1. The Balaban J connectivity index is 2.02. The van der Waals surface area contributed by atoms with Crippen LogP contribution in [0.25, 0.3) is 0 Å². The smallest absolute Gasteiger partial charge is 0.271 e. The number of nitrogens with one attached hydrogen (secondary N) is 1. The second-order valence-electron chi connectivity index (χ2n) is 5.13. The Morgan fingerprint density at radius 1 is 1.05 bits per heavy atom. The molecule has 0 atom stereocenters. The lowest BCUT2D eigenvalue weighted by molar-refractivity contribution is 0.0955. The SMILES string of the molecule is CCCc1ccc(C(C)=NNC(=O)c2ccc(O)cc2)cc1. The highest BCUT2D eigenvalue weighted by Gasteiger charge is 2.05. The van der Waals surface area contributed by atoms with Gasteiger partial charge in [-0.1, -0.05) is 37.6 Å². The minimum Gasteiger partial charge on any atom is -0.508 e. The fourth-order valence-electron chi connectivity index (χ4n) is 2.08. The van der Waals surface area contributed by atoms with Gasteiger partial charge in [0.25, 0.3) is 5.91 Å². The number of aromatic hydroxyl groups is 1. The molecule has 2 N–H and O–H groups in total. The number of phenolic OH excluding ortho intramolecular Hbond substituents is 1. The summed E-state index contributed by atoms with van der Waals surface area (Å²) in [4.78, 5) is 11.9. The van der Waals surface area contributed by atoms with E-state index in [1.165, 1.54) is 17.7 Å². The van der Waals surface area contributed by atoms with Gasteiger partial charge in [0, 0.05) is 5.56 Å². The monoisotopic (exact) mass is 296 g/mol. The van der Waals surface area contributed by atoms with Gasteiger partial charge in [-0.25, -0.2) is 5.43 Å². The standard InChI is InChI=1S/C18H20N2O2/c1-3-4-14-5-7-15(8-6-14)13(2)19-20-18(22)16-9-11-17(21)12-10-16/h5-12,21H,3-4H2,1-2H3,(H,20,22). The summed E-state index contributed by atoms with van der Waals surface area (Å²) in [5, 5.41) is 13.3. The third-order valence-electron chi connectivity index (χ3n) is 3.37. The fourth-order valence-corrected chi connectivity index (χ4v) is 2.08. The molecule has 0 heterocycles. The average Bonchev–Trinajstić information content (AvgIpc) is 2.54. The quantitative estimate of drug-likeness (QED) is 0.655. The molecule has 0 saturated carbocycles. The van der Waals surface area contributed by atoms with Gasteiger partial charge >= 0.3 is 0 Å². The highest BCUT2D eigenvalue weighted by atomic mass is 16.3. The summed E-state index contributed by atoms with van der Waals surface area (Å²) in [7, 11) is 0. The van der Waals surface area contributed by atoms with Crippen molar-refractivity contribution in [1.29, 1.82) is 0 Å². The average molecular weight is 296 g/mol. The molecule has 0 radical (unpaired) electrons. The number of benzene rings is 2. The van der Waals surface area contributed by atoms with Gasteiger partial charge in [-0.3, -0.25) is 4.79 Å². The van der Waals surface area contributed by atoms with E-state index in [2.05, 4.69) is 29.6 Å². The van der Waals surface area contributed by atoms with E-state index in [1.54, 1.807) is 12.1 Å². The number of carbonyl (C=O) groups excluding carboxylic acids is 1. The maximum Gasteiger partial charge on any atom is 0.271 e. The normalized spacial score (nSPS) is 11.3. The van der Waals surface area contributed by atoms with E-state index in [0.29, 0.717) is 5.56 Å². The minimum atomic E-state index is -0.304. The van der Waals surface area contributed by atoms with Crippen molar-refractivity contribution in [1.82, 2.24) is 5.43 Å². The Morgan fingerprint density at radius 3 is 2.23 bits per heavy atom. The molecule has 4 nitrogen and oxygen atoms in total. The number of hydrogen-bond donors (Lipinski definition) is 2. The van der Waals surface area contributed by atoms with Crippen molar-refractivity contribution in [3.05, 3.63) is 65.2 Å². The van der Waals surface area contributed by atoms with E-state index in [1.807, 2.05) is 19.1 Å². The predicted molar refractivity (Wildman–Crippen MR) is 88.2 cm³/mol. The summed E-state index contributed by atoms with van der Waals surface area (Å²) in [6.45, 7) is 4.01. The molecule has 0 aliphatic heterocycles. The van der Waals surface area contributed by atoms with Crippen LogP contribution in [0.4, 0.5) is 0 Å². The molecule has 4 heteroatoms. The van der Waals surface area contributed by atoms with Gasteiger partial charge < -0.3 is 5.11 Å². The minimum absolute atomic E-state index is 0.128. The molecule has 0 aliphatic rings. The Hall–Kier alpha value is -2.62. The summed E-state index contributed by atoms with van der Waals surface area (Å²) in [5.41, 5.74) is 6.00. The number of hydrazone groups is 1. The summed E-state index contributed by atoms with van der Waals surface area (Å²) in [6.07, 6.45) is 2.18. The van der Waals surface area contributed by atoms with Crippen LogP contribution in [0, 0.1) is 0 Å².